The van der Waals surface area contributed by atoms with E-state index in [0.29, 0.717) is 38.4 Å². The van der Waals surface area contributed by atoms with Gasteiger partial charge in [-0.15, -0.1) is 0 Å². The summed E-state index contributed by atoms with van der Waals surface area (Å²) in [5, 5.41) is 0. The maximum atomic E-state index is 13.2. The molecule has 1 atom stereocenters. The van der Waals surface area contributed by atoms with Crippen LogP contribution >= 0.6 is 0 Å². The molecule has 170 valence electrons. The first-order valence-corrected chi connectivity index (χ1v) is 11.0. The Hall–Kier alpha value is -3.13. The second-order valence-corrected chi connectivity index (χ2v) is 8.14. The van der Waals surface area contributed by atoms with E-state index in [4.69, 9.17) is 9.47 Å². The van der Waals surface area contributed by atoms with Gasteiger partial charge in [0.15, 0.2) is 0 Å². The van der Waals surface area contributed by atoms with Crippen molar-refractivity contribution in [1.82, 2.24) is 19.7 Å². The number of carbonyl (C=O) groups excluding carboxylic acids is 2. The number of likely N-dealkylation sites (tertiary alicyclic amines) is 1. The Kier molecular flexibility index (Phi) is 6.90. The van der Waals surface area contributed by atoms with Gasteiger partial charge in [-0.05, 0) is 43.2 Å². The van der Waals surface area contributed by atoms with Crippen LogP contribution in [0.4, 0.5) is 0 Å². The number of aromatic nitrogens is 1. The van der Waals surface area contributed by atoms with E-state index in [-0.39, 0.29) is 17.9 Å². The normalized spacial score (nSPS) is 19.1. The van der Waals surface area contributed by atoms with Crippen molar-refractivity contribution in [3.05, 3.63) is 53.9 Å². The zero-order valence-corrected chi connectivity index (χ0v) is 18.7. The molecule has 0 saturated carbocycles. The topological polar surface area (TPSA) is 75.2 Å². The van der Waals surface area contributed by atoms with Crippen molar-refractivity contribution in [1.29, 1.82) is 0 Å². The minimum absolute atomic E-state index is 0.0143. The van der Waals surface area contributed by atoms with Gasteiger partial charge < -0.3 is 19.3 Å². The lowest BCUT2D eigenvalue weighted by Gasteiger charge is -2.35. The van der Waals surface area contributed by atoms with E-state index in [1.165, 1.54) is 0 Å². The molecule has 3 heterocycles. The molecule has 1 unspecified atom stereocenters. The highest BCUT2D eigenvalue weighted by Crippen LogP contribution is 2.39. The lowest BCUT2D eigenvalue weighted by Crippen LogP contribution is -2.51. The average Bonchev–Trinajstić information content (AvgIpc) is 3.34. The number of hydrogen-bond donors (Lipinski definition) is 0. The van der Waals surface area contributed by atoms with Crippen molar-refractivity contribution in [2.45, 2.75) is 18.9 Å². The number of carbonyl (C=O) groups is 2. The molecule has 0 radical (unpaired) electrons. The predicted molar refractivity (Wildman–Crippen MR) is 120 cm³/mol. The third kappa shape index (κ3) is 4.70. The van der Waals surface area contributed by atoms with Gasteiger partial charge in [-0.3, -0.25) is 19.5 Å². The Morgan fingerprint density at radius 2 is 1.84 bits per heavy atom. The fourth-order valence-corrected chi connectivity index (χ4v) is 4.53. The molecule has 2 aliphatic rings. The molecular weight excluding hydrogens is 408 g/mol. The van der Waals surface area contributed by atoms with Gasteiger partial charge in [0.2, 0.25) is 5.91 Å². The fourth-order valence-electron chi connectivity index (χ4n) is 4.53. The summed E-state index contributed by atoms with van der Waals surface area (Å²) in [5.41, 5.74) is 1.45. The van der Waals surface area contributed by atoms with Crippen LogP contribution in [0.5, 0.6) is 11.5 Å². The maximum Gasteiger partial charge on any atom is 0.272 e. The molecular formula is C24H30N4O4. The van der Waals surface area contributed by atoms with Gasteiger partial charge in [0.25, 0.3) is 5.91 Å². The van der Waals surface area contributed by atoms with Gasteiger partial charge in [-0.25, -0.2) is 0 Å². The third-order valence-electron chi connectivity index (χ3n) is 6.27. The second kappa shape index (κ2) is 9.99. The molecule has 2 aromatic rings. The van der Waals surface area contributed by atoms with Crippen LogP contribution in [0.25, 0.3) is 0 Å². The summed E-state index contributed by atoms with van der Waals surface area (Å²) >= 11 is 0. The van der Waals surface area contributed by atoms with Crippen LogP contribution in [0, 0.1) is 0 Å². The summed E-state index contributed by atoms with van der Waals surface area (Å²) in [6.07, 6.45) is 3.50. The number of hydrogen-bond acceptors (Lipinski definition) is 6. The van der Waals surface area contributed by atoms with Crippen LogP contribution in [-0.4, -0.2) is 85.0 Å². The van der Waals surface area contributed by atoms with Crippen molar-refractivity contribution in [3.8, 4) is 11.5 Å². The maximum absolute atomic E-state index is 13.2. The van der Waals surface area contributed by atoms with Crippen LogP contribution in [0.15, 0.2) is 42.6 Å². The number of ether oxygens (including phenoxy) is 2. The lowest BCUT2D eigenvalue weighted by molar-refractivity contribution is -0.133. The van der Waals surface area contributed by atoms with Gasteiger partial charge in [0.1, 0.15) is 17.2 Å². The fraction of sp³-hybridized carbons (Fsp3) is 0.458. The summed E-state index contributed by atoms with van der Waals surface area (Å²) in [7, 11) is 3.29. The number of piperazine rings is 1. The van der Waals surface area contributed by atoms with Crippen LogP contribution in [0.3, 0.4) is 0 Å². The zero-order chi connectivity index (χ0) is 22.5. The highest BCUT2D eigenvalue weighted by atomic mass is 16.5. The molecule has 8 heteroatoms. The first-order valence-electron chi connectivity index (χ1n) is 11.0. The number of nitrogens with zero attached hydrogens (tertiary/aromatic N) is 4. The molecule has 0 bridgehead atoms. The Labute approximate surface area is 188 Å². The predicted octanol–water partition coefficient (Wildman–Crippen LogP) is 2.22. The number of pyridine rings is 1. The van der Waals surface area contributed by atoms with E-state index in [1.807, 2.05) is 34.1 Å². The number of rotatable bonds is 6. The van der Waals surface area contributed by atoms with Gasteiger partial charge in [-0.1, -0.05) is 6.07 Å². The molecule has 2 saturated heterocycles. The van der Waals surface area contributed by atoms with Crippen LogP contribution in [0.1, 0.15) is 34.9 Å². The molecule has 4 rings (SSSR count). The van der Waals surface area contributed by atoms with E-state index in [0.717, 1.165) is 36.4 Å². The van der Waals surface area contributed by atoms with E-state index in [9.17, 15) is 9.59 Å². The Balaban J connectivity index is 1.37. The first-order chi connectivity index (χ1) is 15.6. The van der Waals surface area contributed by atoms with Crippen molar-refractivity contribution in [3.63, 3.8) is 0 Å². The number of amides is 2. The minimum Gasteiger partial charge on any atom is -0.497 e. The zero-order valence-electron chi connectivity index (χ0n) is 18.7. The highest BCUT2D eigenvalue weighted by Gasteiger charge is 2.33. The van der Waals surface area contributed by atoms with E-state index in [2.05, 4.69) is 9.88 Å². The van der Waals surface area contributed by atoms with E-state index < -0.39 is 0 Å². The molecule has 2 aliphatic heterocycles. The van der Waals surface area contributed by atoms with Gasteiger partial charge >= 0.3 is 0 Å². The number of benzene rings is 1. The van der Waals surface area contributed by atoms with E-state index in [1.54, 1.807) is 32.5 Å². The third-order valence-corrected chi connectivity index (χ3v) is 6.27. The lowest BCUT2D eigenvalue weighted by atomic mass is 10.0. The Morgan fingerprint density at radius 1 is 1.03 bits per heavy atom. The van der Waals surface area contributed by atoms with Crippen LogP contribution < -0.4 is 9.47 Å². The summed E-state index contributed by atoms with van der Waals surface area (Å²) < 4.78 is 10.9. The number of methoxy groups -OCH3 is 2. The summed E-state index contributed by atoms with van der Waals surface area (Å²) in [5.74, 6) is 1.59. The molecule has 2 fully saturated rings. The SMILES string of the molecule is COc1ccc(OC)c(C2CCCN2C(=O)CN2CCN(C(=O)c3ccccn3)CC2)c1. The summed E-state index contributed by atoms with van der Waals surface area (Å²) in [6, 6.07) is 11.1. The van der Waals surface area contributed by atoms with Crippen molar-refractivity contribution < 1.29 is 19.1 Å². The molecule has 1 aromatic carbocycles. The molecule has 0 aliphatic carbocycles. The van der Waals surface area contributed by atoms with Crippen molar-refractivity contribution in [2.75, 3.05) is 53.5 Å². The molecule has 2 amide bonds. The summed E-state index contributed by atoms with van der Waals surface area (Å²) in [6.45, 7) is 3.62. The summed E-state index contributed by atoms with van der Waals surface area (Å²) in [4.78, 5) is 35.9. The molecule has 0 spiro atoms. The monoisotopic (exact) mass is 438 g/mol. The van der Waals surface area contributed by atoms with Crippen molar-refractivity contribution >= 4 is 11.8 Å². The first kappa shape index (κ1) is 22.1. The minimum atomic E-state index is -0.0543. The van der Waals surface area contributed by atoms with E-state index >= 15 is 0 Å². The smallest absolute Gasteiger partial charge is 0.272 e. The van der Waals surface area contributed by atoms with Gasteiger partial charge in [0, 0.05) is 44.5 Å². The molecule has 32 heavy (non-hydrogen) atoms. The molecule has 1 aromatic heterocycles. The molecule has 0 N–H and O–H groups in total. The molecule has 8 nitrogen and oxygen atoms in total. The van der Waals surface area contributed by atoms with Crippen molar-refractivity contribution in [2.24, 2.45) is 0 Å². The largest absolute Gasteiger partial charge is 0.497 e. The van der Waals surface area contributed by atoms with Gasteiger partial charge in [0.05, 0.1) is 26.8 Å². The van der Waals surface area contributed by atoms with Crippen LogP contribution in [-0.2, 0) is 4.79 Å². The Morgan fingerprint density at radius 3 is 2.53 bits per heavy atom. The standard InChI is InChI=1S/C24H30N4O4/c1-31-18-8-9-22(32-2)19(16-18)21-7-5-11-28(21)23(29)17-26-12-14-27(15-13-26)24(30)20-6-3-4-10-25-20/h3-4,6,8-10,16,21H,5,7,11-15,17H2,1-2H3. The van der Waals surface area contributed by atoms with Gasteiger partial charge in [-0.2, -0.15) is 0 Å². The second-order valence-electron chi connectivity index (χ2n) is 8.14. The van der Waals surface area contributed by atoms with Crippen LogP contribution in [0.2, 0.25) is 0 Å². The quantitative estimate of drug-likeness (QED) is 0.689. The highest BCUT2D eigenvalue weighted by molar-refractivity contribution is 5.92. The Bertz CT molecular complexity index is 944. The average molecular weight is 439 g/mol.